The number of rotatable bonds is 3. The molecule has 1 aliphatic rings. The Morgan fingerprint density at radius 1 is 1.35 bits per heavy atom. The van der Waals surface area contributed by atoms with Crippen LogP contribution >= 0.6 is 11.3 Å². The number of carbonyl (C=O) groups excluding carboxylic acids is 2. The number of fused-ring (bicyclic) bond motifs is 1. The summed E-state index contributed by atoms with van der Waals surface area (Å²) in [6, 6.07) is 7.61. The second-order valence-electron chi connectivity index (χ2n) is 4.64. The zero-order valence-corrected chi connectivity index (χ0v) is 11.8. The molecule has 1 saturated heterocycles. The van der Waals surface area contributed by atoms with E-state index in [-0.39, 0.29) is 11.8 Å². The monoisotopic (exact) mass is 290 g/mol. The highest BCUT2D eigenvalue weighted by atomic mass is 32.1. The summed E-state index contributed by atoms with van der Waals surface area (Å²) in [6.07, 6.45) is 0. The highest BCUT2D eigenvalue weighted by Gasteiger charge is 2.27. The van der Waals surface area contributed by atoms with Gasteiger partial charge in [-0.25, -0.2) is 4.79 Å². The predicted molar refractivity (Wildman–Crippen MR) is 78.2 cm³/mol. The second kappa shape index (κ2) is 5.22. The molecular weight excluding hydrogens is 276 g/mol. The first kappa shape index (κ1) is 13.1. The van der Waals surface area contributed by atoms with Crippen molar-refractivity contribution in [1.82, 2.24) is 5.32 Å². The zero-order valence-electron chi connectivity index (χ0n) is 10.9. The Hall–Kier alpha value is -1.92. The van der Waals surface area contributed by atoms with Gasteiger partial charge in [0.05, 0.1) is 18.7 Å². The number of esters is 1. The van der Waals surface area contributed by atoms with E-state index < -0.39 is 5.97 Å². The molecule has 6 heteroatoms. The van der Waals surface area contributed by atoms with Gasteiger partial charge in [0, 0.05) is 23.2 Å². The minimum atomic E-state index is -0.423. The topological polar surface area (TPSA) is 67.4 Å². The minimum absolute atomic E-state index is 0.0286. The Labute approximate surface area is 119 Å². The third-order valence-corrected chi connectivity index (χ3v) is 4.52. The van der Waals surface area contributed by atoms with Gasteiger partial charge >= 0.3 is 5.97 Å². The number of methoxy groups -OCH3 is 1. The van der Waals surface area contributed by atoms with Gasteiger partial charge in [0.1, 0.15) is 4.88 Å². The lowest BCUT2D eigenvalue weighted by molar-refractivity contribution is -0.121. The summed E-state index contributed by atoms with van der Waals surface area (Å²) in [4.78, 5) is 24.4. The molecule has 0 saturated carbocycles. The maximum absolute atomic E-state index is 12.1. The van der Waals surface area contributed by atoms with E-state index in [0.717, 1.165) is 10.1 Å². The molecule has 2 heterocycles. The molecule has 0 aliphatic carbocycles. The van der Waals surface area contributed by atoms with Crippen LogP contribution in [-0.4, -0.2) is 32.1 Å². The van der Waals surface area contributed by atoms with Crippen LogP contribution in [0.25, 0.3) is 10.1 Å². The summed E-state index contributed by atoms with van der Waals surface area (Å²) in [5, 5.41) is 6.81. The molecule has 1 amide bonds. The molecule has 0 atom stereocenters. The third-order valence-electron chi connectivity index (χ3n) is 3.37. The number of anilines is 1. The van der Waals surface area contributed by atoms with Gasteiger partial charge in [-0.1, -0.05) is 18.2 Å². The zero-order chi connectivity index (χ0) is 14.1. The molecule has 0 spiro atoms. The van der Waals surface area contributed by atoms with E-state index in [1.54, 1.807) is 0 Å². The van der Waals surface area contributed by atoms with Crippen molar-refractivity contribution in [2.24, 2.45) is 5.92 Å². The van der Waals surface area contributed by atoms with Crippen LogP contribution in [-0.2, 0) is 9.53 Å². The Morgan fingerprint density at radius 3 is 2.75 bits per heavy atom. The van der Waals surface area contributed by atoms with E-state index in [1.165, 1.54) is 18.4 Å². The van der Waals surface area contributed by atoms with E-state index in [1.807, 2.05) is 24.3 Å². The number of benzene rings is 1. The quantitative estimate of drug-likeness (QED) is 0.847. The number of amides is 1. The highest BCUT2D eigenvalue weighted by molar-refractivity contribution is 7.21. The van der Waals surface area contributed by atoms with Crippen molar-refractivity contribution in [2.75, 3.05) is 25.5 Å². The van der Waals surface area contributed by atoms with Crippen molar-refractivity contribution in [3.63, 3.8) is 0 Å². The van der Waals surface area contributed by atoms with Gasteiger partial charge in [0.2, 0.25) is 5.91 Å². The first-order chi connectivity index (χ1) is 9.70. The number of nitrogens with one attached hydrogen (secondary N) is 2. The third kappa shape index (κ3) is 2.17. The molecular formula is C14H14N2O3S. The largest absolute Gasteiger partial charge is 0.465 e. The lowest BCUT2D eigenvalue weighted by Crippen LogP contribution is -2.48. The van der Waals surface area contributed by atoms with Crippen LogP contribution < -0.4 is 10.6 Å². The van der Waals surface area contributed by atoms with Crippen molar-refractivity contribution in [2.45, 2.75) is 0 Å². The molecule has 0 unspecified atom stereocenters. The fourth-order valence-corrected chi connectivity index (χ4v) is 3.18. The Bertz CT molecular complexity index is 676. The Balaban J connectivity index is 2.01. The van der Waals surface area contributed by atoms with E-state index in [0.29, 0.717) is 23.7 Å². The number of hydrogen-bond donors (Lipinski definition) is 2. The van der Waals surface area contributed by atoms with Gasteiger partial charge in [-0.3, -0.25) is 4.79 Å². The molecule has 0 radical (unpaired) electrons. The Morgan fingerprint density at radius 2 is 2.10 bits per heavy atom. The van der Waals surface area contributed by atoms with Crippen molar-refractivity contribution in [3.8, 4) is 0 Å². The fourth-order valence-electron chi connectivity index (χ4n) is 2.11. The first-order valence-electron chi connectivity index (χ1n) is 6.32. The van der Waals surface area contributed by atoms with E-state index in [2.05, 4.69) is 10.6 Å². The molecule has 20 heavy (non-hydrogen) atoms. The fraction of sp³-hybridized carbons (Fsp3) is 0.286. The molecule has 3 rings (SSSR count). The molecule has 2 aromatic rings. The van der Waals surface area contributed by atoms with E-state index in [4.69, 9.17) is 4.74 Å². The number of hydrogen-bond acceptors (Lipinski definition) is 5. The highest BCUT2D eigenvalue weighted by Crippen LogP contribution is 2.36. The van der Waals surface area contributed by atoms with Crippen LogP contribution in [0.2, 0.25) is 0 Å². The lowest BCUT2D eigenvalue weighted by atomic mass is 10.0. The van der Waals surface area contributed by atoms with E-state index >= 15 is 0 Å². The molecule has 1 fully saturated rings. The molecule has 1 aromatic heterocycles. The standard InChI is InChI=1S/C14H14N2O3S/c1-19-14(18)12-11(16-13(17)8-6-15-7-8)9-4-2-3-5-10(9)20-12/h2-5,8,15H,6-7H2,1H3,(H,16,17). The summed E-state index contributed by atoms with van der Waals surface area (Å²) in [5.41, 5.74) is 0.564. The summed E-state index contributed by atoms with van der Waals surface area (Å²) in [5.74, 6) is -0.509. The minimum Gasteiger partial charge on any atom is -0.465 e. The molecule has 1 aromatic carbocycles. The van der Waals surface area contributed by atoms with Gasteiger partial charge in [0.25, 0.3) is 0 Å². The van der Waals surface area contributed by atoms with Gasteiger partial charge in [-0.05, 0) is 6.07 Å². The van der Waals surface area contributed by atoms with Gasteiger partial charge in [-0.2, -0.15) is 0 Å². The summed E-state index contributed by atoms with van der Waals surface area (Å²) in [7, 11) is 1.34. The molecule has 5 nitrogen and oxygen atoms in total. The smallest absolute Gasteiger partial charge is 0.350 e. The van der Waals surface area contributed by atoms with Crippen LogP contribution in [0.3, 0.4) is 0 Å². The summed E-state index contributed by atoms with van der Waals surface area (Å²) >= 11 is 1.33. The van der Waals surface area contributed by atoms with Crippen molar-refractivity contribution >= 4 is 39.0 Å². The number of thiophene rings is 1. The SMILES string of the molecule is COC(=O)c1sc2ccccc2c1NC(=O)C1CNC1. The average Bonchev–Trinajstić information content (AvgIpc) is 2.75. The number of carbonyl (C=O) groups is 2. The summed E-state index contributed by atoms with van der Waals surface area (Å²) < 4.78 is 5.75. The van der Waals surface area contributed by atoms with Crippen LogP contribution in [0.1, 0.15) is 9.67 Å². The summed E-state index contributed by atoms with van der Waals surface area (Å²) in [6.45, 7) is 1.36. The Kier molecular flexibility index (Phi) is 3.42. The molecule has 2 N–H and O–H groups in total. The van der Waals surface area contributed by atoms with Crippen LogP contribution in [0.15, 0.2) is 24.3 Å². The molecule has 0 bridgehead atoms. The average molecular weight is 290 g/mol. The van der Waals surface area contributed by atoms with Gasteiger partial charge in [-0.15, -0.1) is 11.3 Å². The first-order valence-corrected chi connectivity index (χ1v) is 7.13. The van der Waals surface area contributed by atoms with Crippen molar-refractivity contribution in [1.29, 1.82) is 0 Å². The van der Waals surface area contributed by atoms with Crippen molar-refractivity contribution < 1.29 is 14.3 Å². The van der Waals surface area contributed by atoms with E-state index in [9.17, 15) is 9.59 Å². The lowest BCUT2D eigenvalue weighted by Gasteiger charge is -2.25. The molecule has 1 aliphatic heterocycles. The van der Waals surface area contributed by atoms with Crippen LogP contribution in [0.5, 0.6) is 0 Å². The molecule has 104 valence electrons. The maximum Gasteiger partial charge on any atom is 0.350 e. The van der Waals surface area contributed by atoms with Gasteiger partial charge in [0.15, 0.2) is 0 Å². The van der Waals surface area contributed by atoms with Crippen molar-refractivity contribution in [3.05, 3.63) is 29.1 Å². The number of ether oxygens (including phenoxy) is 1. The second-order valence-corrected chi connectivity index (χ2v) is 5.69. The van der Waals surface area contributed by atoms with Gasteiger partial charge < -0.3 is 15.4 Å². The normalized spacial score (nSPS) is 14.8. The predicted octanol–water partition coefficient (Wildman–Crippen LogP) is 1.85. The van der Waals surface area contributed by atoms with Crippen LogP contribution in [0.4, 0.5) is 5.69 Å². The van der Waals surface area contributed by atoms with Crippen LogP contribution in [0, 0.1) is 5.92 Å². The maximum atomic E-state index is 12.1.